The van der Waals surface area contributed by atoms with E-state index in [2.05, 4.69) is 10.2 Å². The molecule has 1 heterocycles. The van der Waals surface area contributed by atoms with E-state index in [1.165, 1.54) is 18.2 Å². The summed E-state index contributed by atoms with van der Waals surface area (Å²) >= 11 is 5.99. The maximum atomic E-state index is 13.2. The van der Waals surface area contributed by atoms with Crippen molar-refractivity contribution in [3.63, 3.8) is 0 Å². The van der Waals surface area contributed by atoms with Gasteiger partial charge in [-0.25, -0.2) is 4.39 Å². The molecule has 144 valence electrons. The van der Waals surface area contributed by atoms with Gasteiger partial charge >= 0.3 is 0 Å². The van der Waals surface area contributed by atoms with Crippen LogP contribution < -0.4 is 14.8 Å². The van der Waals surface area contributed by atoms with Gasteiger partial charge in [0.25, 0.3) is 0 Å². The summed E-state index contributed by atoms with van der Waals surface area (Å²) < 4.78 is 24.0. The molecular formula is C20H22ClFN2O3. The Morgan fingerprint density at radius 2 is 2.07 bits per heavy atom. The van der Waals surface area contributed by atoms with Crippen molar-refractivity contribution in [3.05, 3.63) is 52.8 Å². The number of rotatable bonds is 6. The minimum Gasteiger partial charge on any atom is -0.497 e. The highest BCUT2D eigenvalue weighted by Gasteiger charge is 2.30. The van der Waals surface area contributed by atoms with Crippen LogP contribution in [0.4, 0.5) is 10.1 Å². The molecule has 2 aromatic carbocycles. The number of methoxy groups -OCH3 is 2. The molecule has 27 heavy (non-hydrogen) atoms. The zero-order valence-corrected chi connectivity index (χ0v) is 16.1. The molecule has 3 rings (SSSR count). The number of hydrogen-bond donors (Lipinski definition) is 1. The molecule has 0 unspecified atom stereocenters. The van der Waals surface area contributed by atoms with Crippen LogP contribution in [0.25, 0.3) is 0 Å². The standard InChI is InChI=1S/C20H22ClFN2O3/c1-26-14-6-8-19(27-2)15(11-14)18-4-3-9-24(18)12-20(25)23-17-7-5-13(22)10-16(17)21/h5-8,10-11,18H,3-4,9,12H2,1-2H3,(H,23,25)/t18-/m1/s1. The Morgan fingerprint density at radius 3 is 2.78 bits per heavy atom. The number of benzene rings is 2. The fourth-order valence-electron chi connectivity index (χ4n) is 3.43. The van der Waals surface area contributed by atoms with Crippen molar-refractivity contribution in [2.24, 2.45) is 0 Å². The molecule has 1 fully saturated rings. The largest absolute Gasteiger partial charge is 0.497 e. The third-order valence-electron chi connectivity index (χ3n) is 4.71. The summed E-state index contributed by atoms with van der Waals surface area (Å²) in [7, 11) is 3.26. The minimum atomic E-state index is -0.442. The van der Waals surface area contributed by atoms with E-state index in [1.54, 1.807) is 14.2 Å². The summed E-state index contributed by atoms with van der Waals surface area (Å²) in [6.07, 6.45) is 1.91. The van der Waals surface area contributed by atoms with E-state index in [0.717, 1.165) is 36.4 Å². The van der Waals surface area contributed by atoms with E-state index in [1.807, 2.05) is 18.2 Å². The fraction of sp³-hybridized carbons (Fsp3) is 0.350. The number of ether oxygens (including phenoxy) is 2. The molecule has 0 bridgehead atoms. The van der Waals surface area contributed by atoms with E-state index in [0.29, 0.717) is 5.69 Å². The Labute approximate surface area is 163 Å². The predicted molar refractivity (Wildman–Crippen MR) is 103 cm³/mol. The lowest BCUT2D eigenvalue weighted by atomic mass is 10.0. The second-order valence-electron chi connectivity index (χ2n) is 6.41. The van der Waals surface area contributed by atoms with Crippen molar-refractivity contribution in [1.29, 1.82) is 0 Å². The highest BCUT2D eigenvalue weighted by molar-refractivity contribution is 6.33. The van der Waals surface area contributed by atoms with Gasteiger partial charge in [0.15, 0.2) is 0 Å². The van der Waals surface area contributed by atoms with Crippen LogP contribution in [0.2, 0.25) is 5.02 Å². The molecule has 0 radical (unpaired) electrons. The normalized spacial score (nSPS) is 17.0. The topological polar surface area (TPSA) is 50.8 Å². The number of amides is 1. The van der Waals surface area contributed by atoms with Gasteiger partial charge in [-0.2, -0.15) is 0 Å². The monoisotopic (exact) mass is 392 g/mol. The van der Waals surface area contributed by atoms with E-state index >= 15 is 0 Å². The summed E-state index contributed by atoms with van der Waals surface area (Å²) in [6, 6.07) is 9.65. The first-order valence-corrected chi connectivity index (χ1v) is 9.10. The predicted octanol–water partition coefficient (Wildman–Crippen LogP) is 4.27. The van der Waals surface area contributed by atoms with E-state index in [-0.39, 0.29) is 23.5 Å². The second-order valence-corrected chi connectivity index (χ2v) is 6.82. The zero-order chi connectivity index (χ0) is 19.4. The number of likely N-dealkylation sites (tertiary alicyclic amines) is 1. The number of halogens is 2. The van der Waals surface area contributed by atoms with Gasteiger partial charge in [0.2, 0.25) is 5.91 Å². The Hall–Kier alpha value is -2.31. The van der Waals surface area contributed by atoms with E-state index < -0.39 is 5.82 Å². The molecule has 1 amide bonds. The molecule has 1 aliphatic rings. The molecule has 0 aliphatic carbocycles. The van der Waals surface area contributed by atoms with Crippen LogP contribution in [-0.4, -0.2) is 38.1 Å². The number of hydrogen-bond acceptors (Lipinski definition) is 4. The Morgan fingerprint density at radius 1 is 1.26 bits per heavy atom. The first-order chi connectivity index (χ1) is 13.0. The summed E-state index contributed by atoms with van der Waals surface area (Å²) in [5.41, 5.74) is 1.40. The molecule has 0 spiro atoms. The van der Waals surface area contributed by atoms with Gasteiger partial charge in [0.1, 0.15) is 17.3 Å². The van der Waals surface area contributed by atoms with Gasteiger partial charge in [0.05, 0.1) is 31.5 Å². The molecule has 0 saturated carbocycles. The van der Waals surface area contributed by atoms with Crippen LogP contribution in [0, 0.1) is 5.82 Å². The highest BCUT2D eigenvalue weighted by atomic mass is 35.5. The van der Waals surface area contributed by atoms with Crippen molar-refractivity contribution in [2.75, 3.05) is 32.6 Å². The van der Waals surface area contributed by atoms with Gasteiger partial charge in [-0.05, 0) is 55.8 Å². The molecule has 1 atom stereocenters. The van der Waals surface area contributed by atoms with Gasteiger partial charge in [-0.1, -0.05) is 11.6 Å². The maximum Gasteiger partial charge on any atom is 0.238 e. The van der Waals surface area contributed by atoms with Crippen molar-refractivity contribution >= 4 is 23.2 Å². The lowest BCUT2D eigenvalue weighted by molar-refractivity contribution is -0.117. The smallest absolute Gasteiger partial charge is 0.238 e. The molecule has 7 heteroatoms. The molecule has 5 nitrogen and oxygen atoms in total. The van der Waals surface area contributed by atoms with Crippen molar-refractivity contribution in [2.45, 2.75) is 18.9 Å². The number of anilines is 1. The molecule has 1 saturated heterocycles. The third kappa shape index (κ3) is 4.51. The third-order valence-corrected chi connectivity index (χ3v) is 5.02. The molecule has 0 aromatic heterocycles. The average Bonchev–Trinajstić information content (AvgIpc) is 3.11. The fourth-order valence-corrected chi connectivity index (χ4v) is 3.65. The van der Waals surface area contributed by atoms with Crippen molar-refractivity contribution < 1.29 is 18.7 Å². The van der Waals surface area contributed by atoms with E-state index in [9.17, 15) is 9.18 Å². The average molecular weight is 393 g/mol. The van der Waals surface area contributed by atoms with Crippen LogP contribution in [-0.2, 0) is 4.79 Å². The lowest BCUT2D eigenvalue weighted by Gasteiger charge is -2.26. The number of nitrogens with zero attached hydrogens (tertiary/aromatic N) is 1. The molecular weight excluding hydrogens is 371 g/mol. The van der Waals surface area contributed by atoms with Gasteiger partial charge in [-0.3, -0.25) is 9.69 Å². The highest BCUT2D eigenvalue weighted by Crippen LogP contribution is 2.38. The van der Waals surface area contributed by atoms with Crippen LogP contribution in [0.5, 0.6) is 11.5 Å². The quantitative estimate of drug-likeness (QED) is 0.797. The lowest BCUT2D eigenvalue weighted by Crippen LogP contribution is -2.33. The maximum absolute atomic E-state index is 13.2. The molecule has 1 aliphatic heterocycles. The van der Waals surface area contributed by atoms with Crippen molar-refractivity contribution in [1.82, 2.24) is 4.90 Å². The SMILES string of the molecule is COc1ccc(OC)c([C@H]2CCCN2CC(=O)Nc2ccc(F)cc2Cl)c1. The molecule has 2 aromatic rings. The second kappa shape index (κ2) is 8.59. The Kier molecular flexibility index (Phi) is 6.19. The minimum absolute atomic E-state index is 0.0597. The van der Waals surface area contributed by atoms with Crippen molar-refractivity contribution in [3.8, 4) is 11.5 Å². The number of nitrogens with one attached hydrogen (secondary N) is 1. The first-order valence-electron chi connectivity index (χ1n) is 8.72. The van der Waals surface area contributed by atoms with Gasteiger partial charge in [0, 0.05) is 11.6 Å². The Balaban J connectivity index is 1.74. The zero-order valence-electron chi connectivity index (χ0n) is 15.3. The summed E-state index contributed by atoms with van der Waals surface area (Å²) in [5.74, 6) is 0.884. The Bertz CT molecular complexity index is 831. The summed E-state index contributed by atoms with van der Waals surface area (Å²) in [4.78, 5) is 14.6. The number of carbonyl (C=O) groups excluding carboxylic acids is 1. The first kappa shape index (κ1) is 19.5. The molecule has 1 N–H and O–H groups in total. The van der Waals surface area contributed by atoms with Gasteiger partial charge < -0.3 is 14.8 Å². The summed E-state index contributed by atoms with van der Waals surface area (Å²) in [6.45, 7) is 1.01. The van der Waals surface area contributed by atoms with Crippen LogP contribution in [0.3, 0.4) is 0 Å². The van der Waals surface area contributed by atoms with Crippen LogP contribution in [0.1, 0.15) is 24.4 Å². The summed E-state index contributed by atoms with van der Waals surface area (Å²) in [5, 5.41) is 2.93. The van der Waals surface area contributed by atoms with Crippen LogP contribution in [0.15, 0.2) is 36.4 Å². The van der Waals surface area contributed by atoms with Crippen LogP contribution >= 0.6 is 11.6 Å². The number of carbonyl (C=O) groups is 1. The van der Waals surface area contributed by atoms with Gasteiger partial charge in [-0.15, -0.1) is 0 Å². The van der Waals surface area contributed by atoms with E-state index in [4.69, 9.17) is 21.1 Å².